The highest BCUT2D eigenvalue weighted by molar-refractivity contribution is 9.09. The SMILES string of the molecule is O=C(CBr)c1cc(F)c(F)cc1O. The van der Waals surface area contributed by atoms with E-state index in [0.717, 1.165) is 0 Å². The number of rotatable bonds is 2. The van der Waals surface area contributed by atoms with Gasteiger partial charge in [-0.2, -0.15) is 0 Å². The predicted octanol–water partition coefficient (Wildman–Crippen LogP) is 2.25. The number of benzene rings is 1. The van der Waals surface area contributed by atoms with Crippen molar-refractivity contribution in [2.45, 2.75) is 0 Å². The van der Waals surface area contributed by atoms with E-state index in [2.05, 4.69) is 15.9 Å². The molecule has 0 fully saturated rings. The van der Waals surface area contributed by atoms with Crippen LogP contribution in [0.15, 0.2) is 12.1 Å². The van der Waals surface area contributed by atoms with E-state index < -0.39 is 23.2 Å². The monoisotopic (exact) mass is 250 g/mol. The second-order valence-electron chi connectivity index (χ2n) is 2.34. The molecule has 0 bridgehead atoms. The van der Waals surface area contributed by atoms with Gasteiger partial charge in [-0.05, 0) is 6.07 Å². The molecule has 0 spiro atoms. The number of phenolic OH excluding ortho intramolecular Hbond substituents is 1. The average Bonchev–Trinajstić information content (AvgIpc) is 2.10. The van der Waals surface area contributed by atoms with Crippen molar-refractivity contribution in [3.63, 3.8) is 0 Å². The summed E-state index contributed by atoms with van der Waals surface area (Å²) in [6, 6.07) is 1.25. The molecule has 0 atom stereocenters. The molecular formula is C8H5BrF2O2. The smallest absolute Gasteiger partial charge is 0.177 e. The molecule has 13 heavy (non-hydrogen) atoms. The van der Waals surface area contributed by atoms with Crippen LogP contribution in [0.5, 0.6) is 5.75 Å². The van der Waals surface area contributed by atoms with Crippen molar-refractivity contribution < 1.29 is 18.7 Å². The third-order valence-corrected chi connectivity index (χ3v) is 1.97. The summed E-state index contributed by atoms with van der Waals surface area (Å²) in [7, 11) is 0. The fraction of sp³-hybridized carbons (Fsp3) is 0.125. The van der Waals surface area contributed by atoms with Crippen LogP contribution < -0.4 is 0 Å². The molecule has 0 aliphatic carbocycles. The van der Waals surface area contributed by atoms with Gasteiger partial charge in [-0.1, -0.05) is 15.9 Å². The maximum Gasteiger partial charge on any atom is 0.177 e. The van der Waals surface area contributed by atoms with Crippen molar-refractivity contribution in [1.82, 2.24) is 0 Å². The Morgan fingerprint density at radius 1 is 1.38 bits per heavy atom. The molecule has 5 heteroatoms. The van der Waals surface area contributed by atoms with Gasteiger partial charge in [0.25, 0.3) is 0 Å². The first-order chi connectivity index (χ1) is 6.06. The minimum Gasteiger partial charge on any atom is -0.507 e. The van der Waals surface area contributed by atoms with Crippen LogP contribution in [-0.2, 0) is 0 Å². The van der Waals surface area contributed by atoms with Crippen LogP contribution >= 0.6 is 15.9 Å². The lowest BCUT2D eigenvalue weighted by molar-refractivity contribution is 0.102. The van der Waals surface area contributed by atoms with Gasteiger partial charge in [0, 0.05) is 6.07 Å². The Morgan fingerprint density at radius 3 is 2.46 bits per heavy atom. The Labute approximate surface area is 81.3 Å². The number of Topliss-reactive ketones (excluding diaryl/α,β-unsaturated/α-hetero) is 1. The van der Waals surface area contributed by atoms with Gasteiger partial charge in [-0.3, -0.25) is 4.79 Å². The number of hydrogen-bond donors (Lipinski definition) is 1. The summed E-state index contributed by atoms with van der Waals surface area (Å²) in [5.41, 5.74) is -0.226. The van der Waals surface area contributed by atoms with Crippen LogP contribution in [0.1, 0.15) is 10.4 Å². The molecule has 1 aromatic rings. The molecule has 2 nitrogen and oxygen atoms in total. The van der Waals surface area contributed by atoms with Gasteiger partial charge in [-0.25, -0.2) is 8.78 Å². The van der Waals surface area contributed by atoms with E-state index in [4.69, 9.17) is 5.11 Å². The minimum absolute atomic E-state index is 0.0500. The van der Waals surface area contributed by atoms with Gasteiger partial charge in [0.05, 0.1) is 10.9 Å². The molecule has 1 N–H and O–H groups in total. The molecule has 0 radical (unpaired) electrons. The largest absolute Gasteiger partial charge is 0.507 e. The van der Waals surface area contributed by atoms with E-state index in [-0.39, 0.29) is 10.9 Å². The minimum atomic E-state index is -1.18. The van der Waals surface area contributed by atoms with Crippen molar-refractivity contribution in [3.05, 3.63) is 29.3 Å². The Hall–Kier alpha value is -0.970. The number of alkyl halides is 1. The maximum absolute atomic E-state index is 12.6. The molecule has 0 saturated heterocycles. The van der Waals surface area contributed by atoms with E-state index in [1.165, 1.54) is 0 Å². The number of hydrogen-bond acceptors (Lipinski definition) is 2. The number of aromatic hydroxyl groups is 1. The maximum atomic E-state index is 12.6. The van der Waals surface area contributed by atoms with Crippen molar-refractivity contribution in [2.75, 3.05) is 5.33 Å². The summed E-state index contributed by atoms with van der Waals surface area (Å²) in [6.45, 7) is 0. The van der Waals surface area contributed by atoms with E-state index in [0.29, 0.717) is 12.1 Å². The van der Waals surface area contributed by atoms with Crippen LogP contribution in [0.2, 0.25) is 0 Å². The summed E-state index contributed by atoms with van der Waals surface area (Å²) in [5, 5.41) is 9.02. The number of ketones is 1. The molecule has 0 heterocycles. The Balaban J connectivity index is 3.23. The van der Waals surface area contributed by atoms with Crippen LogP contribution in [0.25, 0.3) is 0 Å². The molecule has 0 aromatic heterocycles. The molecule has 0 aliphatic rings. The van der Waals surface area contributed by atoms with Gasteiger partial charge >= 0.3 is 0 Å². The number of carbonyl (C=O) groups excluding carboxylic acids is 1. The molecule has 1 aromatic carbocycles. The van der Waals surface area contributed by atoms with Crippen LogP contribution in [-0.4, -0.2) is 16.2 Å². The fourth-order valence-electron chi connectivity index (χ4n) is 0.832. The third-order valence-electron chi connectivity index (χ3n) is 1.46. The zero-order chi connectivity index (χ0) is 10.0. The van der Waals surface area contributed by atoms with E-state index >= 15 is 0 Å². The summed E-state index contributed by atoms with van der Waals surface area (Å²) in [4.78, 5) is 11.0. The molecule has 0 unspecified atom stereocenters. The van der Waals surface area contributed by atoms with Gasteiger partial charge in [0.1, 0.15) is 5.75 Å². The summed E-state index contributed by atoms with van der Waals surface area (Å²) in [5.74, 6) is -3.38. The van der Waals surface area contributed by atoms with Gasteiger partial charge in [0.15, 0.2) is 17.4 Å². The number of carbonyl (C=O) groups is 1. The lowest BCUT2D eigenvalue weighted by Gasteiger charge is -2.01. The van der Waals surface area contributed by atoms with Crippen LogP contribution in [0.3, 0.4) is 0 Å². The van der Waals surface area contributed by atoms with E-state index in [1.54, 1.807) is 0 Å². The molecule has 70 valence electrons. The number of phenols is 1. The lowest BCUT2D eigenvalue weighted by Crippen LogP contribution is -2.02. The highest BCUT2D eigenvalue weighted by Crippen LogP contribution is 2.21. The van der Waals surface area contributed by atoms with Crippen molar-refractivity contribution in [3.8, 4) is 5.75 Å². The van der Waals surface area contributed by atoms with Crippen molar-refractivity contribution in [2.24, 2.45) is 0 Å². The first-order valence-corrected chi connectivity index (χ1v) is 4.45. The average molecular weight is 251 g/mol. The van der Waals surface area contributed by atoms with E-state index in [1.807, 2.05) is 0 Å². The second kappa shape index (κ2) is 3.83. The predicted molar refractivity (Wildman–Crippen MR) is 46.1 cm³/mol. The highest BCUT2D eigenvalue weighted by Gasteiger charge is 2.14. The van der Waals surface area contributed by atoms with Crippen LogP contribution in [0, 0.1) is 11.6 Å². The fourth-order valence-corrected chi connectivity index (χ4v) is 1.13. The normalized spacial score (nSPS) is 10.1. The highest BCUT2D eigenvalue weighted by atomic mass is 79.9. The molecule has 1 rings (SSSR count). The number of halogens is 3. The van der Waals surface area contributed by atoms with Crippen molar-refractivity contribution >= 4 is 21.7 Å². The summed E-state index contributed by atoms with van der Waals surface area (Å²) in [6.07, 6.45) is 0. The lowest BCUT2D eigenvalue weighted by atomic mass is 10.1. The van der Waals surface area contributed by atoms with Gasteiger partial charge in [-0.15, -0.1) is 0 Å². The van der Waals surface area contributed by atoms with Crippen molar-refractivity contribution in [1.29, 1.82) is 0 Å². The molecular weight excluding hydrogens is 246 g/mol. The third kappa shape index (κ3) is 2.03. The first-order valence-electron chi connectivity index (χ1n) is 3.33. The zero-order valence-electron chi connectivity index (χ0n) is 6.35. The van der Waals surface area contributed by atoms with E-state index in [9.17, 15) is 13.6 Å². The summed E-state index contributed by atoms with van der Waals surface area (Å²) < 4.78 is 25.1. The van der Waals surface area contributed by atoms with Crippen LogP contribution in [0.4, 0.5) is 8.78 Å². The zero-order valence-corrected chi connectivity index (χ0v) is 7.94. The second-order valence-corrected chi connectivity index (χ2v) is 2.90. The standard InChI is InChI=1S/C8H5BrF2O2/c9-3-8(13)4-1-5(10)6(11)2-7(4)12/h1-2,12H,3H2. The van der Waals surface area contributed by atoms with Gasteiger partial charge < -0.3 is 5.11 Å². The Bertz CT molecular complexity index is 352. The quantitative estimate of drug-likeness (QED) is 0.646. The Morgan fingerprint density at radius 2 is 1.92 bits per heavy atom. The molecule has 0 aliphatic heterocycles. The molecule has 0 saturated carbocycles. The Kier molecular flexibility index (Phi) is 2.98. The molecule has 0 amide bonds. The summed E-state index contributed by atoms with van der Waals surface area (Å²) >= 11 is 2.85. The first kappa shape index (κ1) is 10.1. The topological polar surface area (TPSA) is 37.3 Å². The van der Waals surface area contributed by atoms with Gasteiger partial charge in [0.2, 0.25) is 0 Å².